The number of hydrogen-bond acceptors (Lipinski definition) is 1. The van der Waals surface area contributed by atoms with Gasteiger partial charge >= 0.3 is 0 Å². The molecule has 1 fully saturated rings. The van der Waals surface area contributed by atoms with Crippen LogP contribution < -0.4 is 5.73 Å². The van der Waals surface area contributed by atoms with E-state index < -0.39 is 0 Å². The Balaban J connectivity index is 0.00000225. The van der Waals surface area contributed by atoms with Gasteiger partial charge in [0.25, 0.3) is 0 Å². The fourth-order valence-electron chi connectivity index (χ4n) is 2.09. The van der Waals surface area contributed by atoms with Crippen LogP contribution in [0, 0.1) is 5.41 Å². The van der Waals surface area contributed by atoms with Crippen LogP contribution in [0.25, 0.3) is 0 Å². The zero-order valence-electron chi connectivity index (χ0n) is 10.8. The number of aliphatic imine (C=N–C) groups is 1. The van der Waals surface area contributed by atoms with Crippen LogP contribution in [0.3, 0.4) is 0 Å². The van der Waals surface area contributed by atoms with Crippen LogP contribution in [0.2, 0.25) is 0 Å². The van der Waals surface area contributed by atoms with Crippen LogP contribution in [0.4, 0.5) is 0 Å². The molecule has 0 spiro atoms. The lowest BCUT2D eigenvalue weighted by molar-refractivity contribution is 0.440. The van der Waals surface area contributed by atoms with Gasteiger partial charge in [0.2, 0.25) is 0 Å². The summed E-state index contributed by atoms with van der Waals surface area (Å²) in [5.74, 6) is 0.724. The van der Waals surface area contributed by atoms with E-state index in [-0.39, 0.29) is 24.0 Å². The third-order valence-electron chi connectivity index (χ3n) is 3.40. The van der Waals surface area contributed by atoms with Crippen molar-refractivity contribution in [3.63, 3.8) is 0 Å². The first-order chi connectivity index (χ1) is 7.17. The van der Waals surface area contributed by atoms with Gasteiger partial charge in [0.05, 0.1) is 0 Å². The minimum Gasteiger partial charge on any atom is -0.370 e. The largest absolute Gasteiger partial charge is 0.370 e. The summed E-state index contributed by atoms with van der Waals surface area (Å²) in [6, 6.07) is 0. The molecule has 16 heavy (non-hydrogen) atoms. The highest BCUT2D eigenvalue weighted by molar-refractivity contribution is 14.0. The molecule has 1 aliphatic rings. The molecule has 4 heteroatoms. The number of rotatable bonds is 6. The van der Waals surface area contributed by atoms with Crippen LogP contribution in [-0.2, 0) is 0 Å². The normalized spacial score (nSPS) is 17.8. The molecular formula is C12H26IN3. The average molecular weight is 339 g/mol. The lowest BCUT2D eigenvalue weighted by atomic mass is 10.0. The van der Waals surface area contributed by atoms with Crippen molar-refractivity contribution in [2.45, 2.75) is 46.5 Å². The molecule has 0 saturated heterocycles. The van der Waals surface area contributed by atoms with Gasteiger partial charge < -0.3 is 10.6 Å². The van der Waals surface area contributed by atoms with Crippen molar-refractivity contribution in [2.75, 3.05) is 19.6 Å². The number of guanidine groups is 1. The first kappa shape index (κ1) is 16.0. The van der Waals surface area contributed by atoms with Crippen LogP contribution in [0.1, 0.15) is 46.5 Å². The first-order valence-electron chi connectivity index (χ1n) is 6.22. The van der Waals surface area contributed by atoms with Gasteiger partial charge in [0, 0.05) is 19.6 Å². The molecule has 0 aliphatic heterocycles. The Hall–Kier alpha value is 0. The van der Waals surface area contributed by atoms with Gasteiger partial charge in [-0.05, 0) is 38.5 Å². The standard InChI is InChI=1S/C12H25N3.HI/c1-4-7-12(8-9-12)10-14-11(13)15(5-2)6-3;/h4-10H2,1-3H3,(H2,13,14);1H. The van der Waals surface area contributed by atoms with E-state index in [1.807, 2.05) is 0 Å². The Labute approximate surface area is 117 Å². The van der Waals surface area contributed by atoms with Crippen molar-refractivity contribution < 1.29 is 0 Å². The molecule has 1 aliphatic carbocycles. The summed E-state index contributed by atoms with van der Waals surface area (Å²) < 4.78 is 0. The van der Waals surface area contributed by atoms with Crippen LogP contribution in [0.15, 0.2) is 4.99 Å². The molecule has 0 atom stereocenters. The van der Waals surface area contributed by atoms with E-state index >= 15 is 0 Å². The van der Waals surface area contributed by atoms with Crippen molar-refractivity contribution in [1.29, 1.82) is 0 Å². The molecule has 0 amide bonds. The predicted octanol–water partition coefficient (Wildman–Crippen LogP) is 2.84. The highest BCUT2D eigenvalue weighted by Gasteiger charge is 2.41. The van der Waals surface area contributed by atoms with E-state index in [0.717, 1.165) is 25.6 Å². The summed E-state index contributed by atoms with van der Waals surface area (Å²) in [4.78, 5) is 6.65. The Bertz CT molecular complexity index is 220. The van der Waals surface area contributed by atoms with Gasteiger partial charge in [0.15, 0.2) is 5.96 Å². The molecule has 96 valence electrons. The van der Waals surface area contributed by atoms with Crippen LogP contribution in [-0.4, -0.2) is 30.5 Å². The maximum atomic E-state index is 5.95. The predicted molar refractivity (Wildman–Crippen MR) is 81.4 cm³/mol. The second-order valence-electron chi connectivity index (χ2n) is 4.60. The van der Waals surface area contributed by atoms with E-state index in [9.17, 15) is 0 Å². The van der Waals surface area contributed by atoms with Crippen molar-refractivity contribution in [1.82, 2.24) is 4.90 Å². The monoisotopic (exact) mass is 339 g/mol. The molecule has 0 bridgehead atoms. The van der Waals surface area contributed by atoms with Crippen molar-refractivity contribution >= 4 is 29.9 Å². The van der Waals surface area contributed by atoms with Crippen molar-refractivity contribution in [2.24, 2.45) is 16.1 Å². The lowest BCUT2D eigenvalue weighted by Crippen LogP contribution is -2.37. The first-order valence-corrected chi connectivity index (χ1v) is 6.22. The van der Waals surface area contributed by atoms with Gasteiger partial charge in [-0.1, -0.05) is 13.3 Å². The summed E-state index contributed by atoms with van der Waals surface area (Å²) >= 11 is 0. The summed E-state index contributed by atoms with van der Waals surface area (Å²) in [6.45, 7) is 9.32. The number of hydrogen-bond donors (Lipinski definition) is 1. The molecule has 2 N–H and O–H groups in total. The summed E-state index contributed by atoms with van der Waals surface area (Å²) in [7, 11) is 0. The molecule has 0 aromatic rings. The van der Waals surface area contributed by atoms with Crippen molar-refractivity contribution in [3.05, 3.63) is 0 Å². The molecule has 1 rings (SSSR count). The van der Waals surface area contributed by atoms with Crippen LogP contribution >= 0.6 is 24.0 Å². The minimum atomic E-state index is 0. The second-order valence-corrected chi connectivity index (χ2v) is 4.60. The molecule has 0 aromatic carbocycles. The zero-order chi connectivity index (χ0) is 11.3. The summed E-state index contributed by atoms with van der Waals surface area (Å²) in [5.41, 5.74) is 6.47. The summed E-state index contributed by atoms with van der Waals surface area (Å²) in [6.07, 6.45) is 5.26. The van der Waals surface area contributed by atoms with Gasteiger partial charge in [-0.2, -0.15) is 0 Å². The van der Waals surface area contributed by atoms with E-state index in [2.05, 4.69) is 30.7 Å². The molecule has 1 saturated carbocycles. The number of halogens is 1. The SMILES string of the molecule is CCCC1(CN=C(N)N(CC)CC)CC1.I. The highest BCUT2D eigenvalue weighted by Crippen LogP contribution is 2.49. The maximum Gasteiger partial charge on any atom is 0.191 e. The molecule has 0 radical (unpaired) electrons. The number of nitrogens with two attached hydrogens (primary N) is 1. The van der Waals surface area contributed by atoms with Gasteiger partial charge in [0.1, 0.15) is 0 Å². The molecule has 3 nitrogen and oxygen atoms in total. The Kier molecular flexibility index (Phi) is 7.35. The van der Waals surface area contributed by atoms with E-state index in [1.165, 1.54) is 25.7 Å². The quantitative estimate of drug-likeness (QED) is 0.459. The minimum absolute atomic E-state index is 0. The fourth-order valence-corrected chi connectivity index (χ4v) is 2.09. The third-order valence-corrected chi connectivity index (χ3v) is 3.40. The Morgan fingerprint density at radius 1 is 1.25 bits per heavy atom. The van der Waals surface area contributed by atoms with E-state index in [1.54, 1.807) is 0 Å². The average Bonchev–Trinajstić information content (AvgIpc) is 2.98. The van der Waals surface area contributed by atoms with Gasteiger partial charge in [-0.25, -0.2) is 0 Å². The van der Waals surface area contributed by atoms with E-state index in [4.69, 9.17) is 5.73 Å². The smallest absolute Gasteiger partial charge is 0.191 e. The Morgan fingerprint density at radius 2 is 1.81 bits per heavy atom. The zero-order valence-corrected chi connectivity index (χ0v) is 13.2. The molecular weight excluding hydrogens is 313 g/mol. The van der Waals surface area contributed by atoms with Crippen molar-refractivity contribution in [3.8, 4) is 0 Å². The molecule has 0 unspecified atom stereocenters. The second kappa shape index (κ2) is 7.35. The van der Waals surface area contributed by atoms with E-state index in [0.29, 0.717) is 5.41 Å². The maximum absolute atomic E-state index is 5.95. The fraction of sp³-hybridized carbons (Fsp3) is 0.917. The highest BCUT2D eigenvalue weighted by atomic mass is 127. The Morgan fingerprint density at radius 3 is 2.19 bits per heavy atom. The van der Waals surface area contributed by atoms with Gasteiger partial charge in [-0.3, -0.25) is 4.99 Å². The van der Waals surface area contributed by atoms with Crippen LogP contribution in [0.5, 0.6) is 0 Å². The third kappa shape index (κ3) is 4.47. The lowest BCUT2D eigenvalue weighted by Gasteiger charge is -2.20. The molecule has 0 heterocycles. The summed E-state index contributed by atoms with van der Waals surface area (Å²) in [5, 5.41) is 0. The number of nitrogens with zero attached hydrogens (tertiary/aromatic N) is 2. The molecule has 0 aromatic heterocycles. The van der Waals surface area contributed by atoms with Gasteiger partial charge in [-0.15, -0.1) is 24.0 Å². The topological polar surface area (TPSA) is 41.6 Å².